The fraction of sp³-hybridized carbons (Fsp3) is 0.185. The van der Waals surface area contributed by atoms with Gasteiger partial charge in [-0.05, 0) is 54.1 Å². The van der Waals surface area contributed by atoms with Gasteiger partial charge in [-0.3, -0.25) is 4.57 Å². The Morgan fingerprint density at radius 2 is 1.78 bits per heavy atom. The van der Waals surface area contributed by atoms with E-state index in [0.717, 1.165) is 11.3 Å². The number of benzene rings is 3. The second-order valence-corrected chi connectivity index (χ2v) is 9.91. The lowest BCUT2D eigenvalue weighted by molar-refractivity contribution is -0.139. The quantitative estimate of drug-likeness (QED) is 0.240. The molecule has 3 aromatic carbocycles. The predicted molar refractivity (Wildman–Crippen MR) is 136 cm³/mol. The van der Waals surface area contributed by atoms with Crippen molar-refractivity contribution in [2.24, 2.45) is 0 Å². The summed E-state index contributed by atoms with van der Waals surface area (Å²) in [6.45, 7) is 3.63. The fourth-order valence-corrected chi connectivity index (χ4v) is 5.12. The van der Waals surface area contributed by atoms with Crippen molar-refractivity contribution in [2.75, 3.05) is 6.61 Å². The first kappa shape index (κ1) is 25.7. The summed E-state index contributed by atoms with van der Waals surface area (Å²) in [6.07, 6.45) is 1.75. The van der Waals surface area contributed by atoms with Crippen molar-refractivity contribution >= 4 is 29.3 Å². The number of halogens is 3. The lowest BCUT2D eigenvalue weighted by atomic mass is 9.81. The highest BCUT2D eigenvalue weighted by Gasteiger charge is 2.29. The summed E-state index contributed by atoms with van der Waals surface area (Å²) < 4.78 is 35.2. The van der Waals surface area contributed by atoms with E-state index in [-0.39, 0.29) is 17.4 Å². The molecule has 5 nitrogen and oxygen atoms in total. The van der Waals surface area contributed by atoms with Crippen LogP contribution < -0.4 is 4.74 Å². The third-order valence-electron chi connectivity index (χ3n) is 5.80. The molecule has 1 N–H and O–H groups in total. The molecule has 0 bridgehead atoms. The van der Waals surface area contributed by atoms with Gasteiger partial charge in [0, 0.05) is 27.4 Å². The Balaban J connectivity index is 1.71. The maximum atomic E-state index is 14.4. The second kappa shape index (κ2) is 10.7. The minimum atomic E-state index is -1.05. The molecule has 0 unspecified atom stereocenters. The van der Waals surface area contributed by atoms with Crippen LogP contribution in [-0.4, -0.2) is 27.2 Å². The number of aliphatic carboxylic acids is 1. The molecule has 0 amide bonds. The summed E-state index contributed by atoms with van der Waals surface area (Å²) >= 11 is 7.54. The molecule has 0 radical (unpaired) electrons. The normalized spacial score (nSPS) is 11.5. The average Bonchev–Trinajstić information content (AvgIpc) is 3.28. The van der Waals surface area contributed by atoms with Gasteiger partial charge in [-0.15, -0.1) is 0 Å². The standard InChI is InChI=1S/C27H23ClF2N2O3S/c1-27(2,17-6-12-20(13-7-17)35-15-25(33)34)24-14-31-26(32(24)19-10-8-18(29)9-11-19)36-16-21-22(28)4-3-5-23(21)30/h3-14H,15-16H2,1-2H3,(H,33,34). The van der Waals surface area contributed by atoms with Crippen molar-refractivity contribution in [3.05, 3.63) is 106 Å². The number of aromatic nitrogens is 2. The zero-order valence-electron chi connectivity index (χ0n) is 19.5. The highest BCUT2D eigenvalue weighted by molar-refractivity contribution is 7.98. The largest absolute Gasteiger partial charge is 0.482 e. The third kappa shape index (κ3) is 5.55. The molecule has 0 spiro atoms. The molecule has 0 aliphatic rings. The lowest BCUT2D eigenvalue weighted by Gasteiger charge is -2.27. The summed E-state index contributed by atoms with van der Waals surface area (Å²) in [7, 11) is 0. The first-order valence-corrected chi connectivity index (χ1v) is 12.4. The van der Waals surface area contributed by atoms with Gasteiger partial charge in [0.05, 0.1) is 11.9 Å². The fourth-order valence-electron chi connectivity index (χ4n) is 3.78. The van der Waals surface area contributed by atoms with E-state index in [9.17, 15) is 13.6 Å². The third-order valence-corrected chi connectivity index (χ3v) is 7.13. The summed E-state index contributed by atoms with van der Waals surface area (Å²) in [5, 5.41) is 9.77. The molecule has 1 aromatic heterocycles. The van der Waals surface area contributed by atoms with E-state index in [1.807, 2.05) is 30.5 Å². The molecule has 4 rings (SSSR count). The first-order valence-electron chi connectivity index (χ1n) is 11.0. The van der Waals surface area contributed by atoms with Crippen LogP contribution in [0.25, 0.3) is 5.69 Å². The summed E-state index contributed by atoms with van der Waals surface area (Å²) in [6, 6.07) is 17.8. The van der Waals surface area contributed by atoms with Gasteiger partial charge < -0.3 is 9.84 Å². The molecule has 0 fully saturated rings. The molecule has 0 saturated carbocycles. The molecule has 1 heterocycles. The molecule has 9 heteroatoms. The molecular weight excluding hydrogens is 506 g/mol. The van der Waals surface area contributed by atoms with Crippen LogP contribution in [0, 0.1) is 11.6 Å². The van der Waals surface area contributed by atoms with Gasteiger partial charge in [0.15, 0.2) is 11.8 Å². The maximum absolute atomic E-state index is 14.4. The Kier molecular flexibility index (Phi) is 7.66. The van der Waals surface area contributed by atoms with Crippen molar-refractivity contribution in [1.82, 2.24) is 9.55 Å². The number of carboxylic acid groups (broad SMARTS) is 1. The SMILES string of the molecule is CC(C)(c1ccc(OCC(=O)O)cc1)c1cnc(SCc2c(F)cccc2Cl)n1-c1ccc(F)cc1. The highest BCUT2D eigenvalue weighted by atomic mass is 35.5. The van der Waals surface area contributed by atoms with E-state index in [1.165, 1.54) is 30.0 Å². The van der Waals surface area contributed by atoms with E-state index >= 15 is 0 Å². The number of imidazole rings is 1. The number of carboxylic acids is 1. The molecule has 4 aromatic rings. The number of carbonyl (C=O) groups is 1. The zero-order chi connectivity index (χ0) is 25.9. The van der Waals surface area contributed by atoms with Crippen LogP contribution in [0.15, 0.2) is 78.1 Å². The van der Waals surface area contributed by atoms with Crippen LogP contribution in [0.3, 0.4) is 0 Å². The van der Waals surface area contributed by atoms with Crippen LogP contribution in [0.4, 0.5) is 8.78 Å². The van der Waals surface area contributed by atoms with E-state index in [4.69, 9.17) is 21.4 Å². The number of thioether (sulfide) groups is 1. The Bertz CT molecular complexity index is 1350. The van der Waals surface area contributed by atoms with Crippen molar-refractivity contribution in [3.8, 4) is 11.4 Å². The summed E-state index contributed by atoms with van der Waals surface area (Å²) in [5.74, 6) is -1.09. The molecular formula is C27H23ClF2N2O3S. The van der Waals surface area contributed by atoms with Gasteiger partial charge in [0.1, 0.15) is 17.4 Å². The van der Waals surface area contributed by atoms with Crippen LogP contribution in [0.5, 0.6) is 5.75 Å². The predicted octanol–water partition coefficient (Wildman–Crippen LogP) is 6.89. The van der Waals surface area contributed by atoms with Gasteiger partial charge >= 0.3 is 5.97 Å². The Labute approximate surface area is 216 Å². The Hall–Kier alpha value is -3.36. The zero-order valence-corrected chi connectivity index (χ0v) is 21.1. The van der Waals surface area contributed by atoms with Gasteiger partial charge in [0.2, 0.25) is 0 Å². The van der Waals surface area contributed by atoms with Crippen molar-refractivity contribution in [2.45, 2.75) is 30.2 Å². The molecule has 0 atom stereocenters. The number of hydrogen-bond acceptors (Lipinski definition) is 4. The number of rotatable bonds is 9. The van der Waals surface area contributed by atoms with E-state index < -0.39 is 18.0 Å². The molecule has 0 aliphatic heterocycles. The van der Waals surface area contributed by atoms with Crippen LogP contribution in [0.2, 0.25) is 5.02 Å². The van der Waals surface area contributed by atoms with Gasteiger partial charge in [-0.25, -0.2) is 18.6 Å². The van der Waals surface area contributed by atoms with Gasteiger partial charge in [0.25, 0.3) is 0 Å². The van der Waals surface area contributed by atoms with E-state index in [0.29, 0.717) is 27.2 Å². The molecule has 186 valence electrons. The number of nitrogens with zero attached hydrogens (tertiary/aromatic N) is 2. The maximum Gasteiger partial charge on any atom is 0.341 e. The average molecular weight is 529 g/mol. The monoisotopic (exact) mass is 528 g/mol. The van der Waals surface area contributed by atoms with Crippen LogP contribution >= 0.6 is 23.4 Å². The minimum Gasteiger partial charge on any atom is -0.482 e. The van der Waals surface area contributed by atoms with Crippen molar-refractivity contribution < 1.29 is 23.4 Å². The second-order valence-electron chi connectivity index (χ2n) is 8.56. The van der Waals surface area contributed by atoms with Crippen molar-refractivity contribution in [1.29, 1.82) is 0 Å². The summed E-state index contributed by atoms with van der Waals surface area (Å²) in [5.41, 5.74) is 2.30. The minimum absolute atomic E-state index is 0.263. The van der Waals surface area contributed by atoms with Crippen LogP contribution in [0.1, 0.15) is 30.7 Å². The first-order chi connectivity index (χ1) is 17.2. The van der Waals surface area contributed by atoms with Crippen LogP contribution in [-0.2, 0) is 16.0 Å². The topological polar surface area (TPSA) is 64.3 Å². The number of ether oxygens (including phenoxy) is 1. The van der Waals surface area contributed by atoms with Crippen molar-refractivity contribution in [3.63, 3.8) is 0 Å². The highest BCUT2D eigenvalue weighted by Crippen LogP contribution is 2.38. The van der Waals surface area contributed by atoms with Gasteiger partial charge in [-0.2, -0.15) is 0 Å². The van der Waals surface area contributed by atoms with Gasteiger partial charge in [-0.1, -0.05) is 55.4 Å². The molecule has 0 saturated heterocycles. The lowest BCUT2D eigenvalue weighted by Crippen LogP contribution is -2.23. The number of hydrogen-bond donors (Lipinski definition) is 1. The Morgan fingerprint density at radius 3 is 2.42 bits per heavy atom. The molecule has 0 aliphatic carbocycles. The molecule has 36 heavy (non-hydrogen) atoms. The Morgan fingerprint density at radius 1 is 1.08 bits per heavy atom. The summed E-state index contributed by atoms with van der Waals surface area (Å²) in [4.78, 5) is 15.4. The van der Waals surface area contributed by atoms with E-state index in [2.05, 4.69) is 4.98 Å². The van der Waals surface area contributed by atoms with E-state index in [1.54, 1.807) is 42.6 Å². The smallest absolute Gasteiger partial charge is 0.341 e.